The zero-order valence-electron chi connectivity index (χ0n) is 9.71. The van der Waals surface area contributed by atoms with Crippen LogP contribution in [0.25, 0.3) is 0 Å². The first kappa shape index (κ1) is 11.8. The lowest BCUT2D eigenvalue weighted by atomic mass is 10.0. The van der Waals surface area contributed by atoms with Gasteiger partial charge >= 0.3 is 0 Å². The van der Waals surface area contributed by atoms with Gasteiger partial charge in [0.25, 0.3) is 0 Å². The van der Waals surface area contributed by atoms with Gasteiger partial charge in [-0.3, -0.25) is 0 Å². The zero-order chi connectivity index (χ0) is 11.3. The summed E-state index contributed by atoms with van der Waals surface area (Å²) >= 11 is 0. The van der Waals surface area contributed by atoms with Crippen molar-refractivity contribution in [2.45, 2.75) is 27.2 Å². The summed E-state index contributed by atoms with van der Waals surface area (Å²) in [7, 11) is 0. The molecule has 82 valence electrons. The van der Waals surface area contributed by atoms with Crippen molar-refractivity contribution in [3.05, 3.63) is 29.8 Å². The number of benzene rings is 1. The van der Waals surface area contributed by atoms with Gasteiger partial charge in [0.15, 0.2) is 0 Å². The SMILES string of the molecule is CC(C)(C)C=O.c1ccc2c(c1)CCN2. The zero-order valence-corrected chi connectivity index (χ0v) is 9.71. The maximum absolute atomic E-state index is 9.83. The van der Waals surface area contributed by atoms with E-state index in [-0.39, 0.29) is 5.41 Å². The van der Waals surface area contributed by atoms with Gasteiger partial charge in [0, 0.05) is 17.6 Å². The molecule has 0 fully saturated rings. The van der Waals surface area contributed by atoms with Crippen LogP contribution < -0.4 is 5.32 Å². The smallest absolute Gasteiger partial charge is 0.125 e. The third kappa shape index (κ3) is 4.15. The highest BCUT2D eigenvalue weighted by Crippen LogP contribution is 2.19. The lowest BCUT2D eigenvalue weighted by Crippen LogP contribution is -2.04. The average molecular weight is 205 g/mol. The molecule has 1 aromatic rings. The summed E-state index contributed by atoms with van der Waals surface area (Å²) in [6.07, 6.45) is 2.13. The number of anilines is 1. The molecule has 0 aliphatic carbocycles. The van der Waals surface area contributed by atoms with Gasteiger partial charge in [0.2, 0.25) is 0 Å². The molecule has 0 saturated carbocycles. The molecule has 15 heavy (non-hydrogen) atoms. The summed E-state index contributed by atoms with van der Waals surface area (Å²) < 4.78 is 0. The number of carbonyl (C=O) groups excluding carboxylic acids is 1. The van der Waals surface area contributed by atoms with Crippen LogP contribution in [0, 0.1) is 5.41 Å². The number of hydrogen-bond donors (Lipinski definition) is 1. The molecule has 0 aromatic heterocycles. The molecule has 0 atom stereocenters. The van der Waals surface area contributed by atoms with E-state index in [0.29, 0.717) is 0 Å². The van der Waals surface area contributed by atoms with Crippen LogP contribution in [0.15, 0.2) is 24.3 Å². The first-order chi connectivity index (χ1) is 7.03. The van der Waals surface area contributed by atoms with E-state index < -0.39 is 0 Å². The Bertz CT molecular complexity index is 303. The van der Waals surface area contributed by atoms with Crippen molar-refractivity contribution in [2.75, 3.05) is 11.9 Å². The van der Waals surface area contributed by atoms with Gasteiger partial charge in [0.1, 0.15) is 6.29 Å². The third-order valence-electron chi connectivity index (χ3n) is 2.08. The van der Waals surface area contributed by atoms with Gasteiger partial charge in [-0.1, -0.05) is 39.0 Å². The highest BCUT2D eigenvalue weighted by atomic mass is 16.1. The summed E-state index contributed by atoms with van der Waals surface area (Å²) in [5, 5.41) is 3.30. The van der Waals surface area contributed by atoms with Crippen molar-refractivity contribution in [3.8, 4) is 0 Å². The fourth-order valence-corrected chi connectivity index (χ4v) is 1.24. The Morgan fingerprint density at radius 3 is 2.40 bits per heavy atom. The van der Waals surface area contributed by atoms with E-state index in [1.165, 1.54) is 17.7 Å². The number of nitrogens with one attached hydrogen (secondary N) is 1. The van der Waals surface area contributed by atoms with E-state index in [1.54, 1.807) is 0 Å². The van der Waals surface area contributed by atoms with E-state index in [1.807, 2.05) is 20.8 Å². The molecule has 1 aromatic carbocycles. The van der Waals surface area contributed by atoms with Gasteiger partial charge in [-0.25, -0.2) is 0 Å². The quantitative estimate of drug-likeness (QED) is 0.660. The van der Waals surface area contributed by atoms with Gasteiger partial charge in [0.05, 0.1) is 0 Å². The minimum atomic E-state index is -0.139. The predicted molar refractivity (Wildman–Crippen MR) is 64.2 cm³/mol. The number of carbonyl (C=O) groups is 1. The molecule has 1 N–H and O–H groups in total. The molecule has 1 aliphatic heterocycles. The molecule has 0 radical (unpaired) electrons. The minimum Gasteiger partial charge on any atom is -0.384 e. The lowest BCUT2D eigenvalue weighted by molar-refractivity contribution is -0.113. The molecule has 0 spiro atoms. The average Bonchev–Trinajstić information content (AvgIpc) is 2.65. The van der Waals surface area contributed by atoms with Gasteiger partial charge < -0.3 is 10.1 Å². The molecule has 0 amide bonds. The third-order valence-corrected chi connectivity index (χ3v) is 2.08. The van der Waals surface area contributed by atoms with Crippen molar-refractivity contribution in [1.29, 1.82) is 0 Å². The second kappa shape index (κ2) is 4.96. The first-order valence-corrected chi connectivity index (χ1v) is 5.31. The molecule has 2 heteroatoms. The van der Waals surface area contributed by atoms with Crippen molar-refractivity contribution >= 4 is 12.0 Å². The molecule has 0 unspecified atom stereocenters. The maximum atomic E-state index is 9.83. The van der Waals surface area contributed by atoms with Crippen molar-refractivity contribution in [2.24, 2.45) is 5.41 Å². The topological polar surface area (TPSA) is 29.1 Å². The number of fused-ring (bicyclic) bond motifs is 1. The summed E-state index contributed by atoms with van der Waals surface area (Å²) in [6, 6.07) is 8.46. The first-order valence-electron chi connectivity index (χ1n) is 5.31. The Morgan fingerprint density at radius 2 is 1.87 bits per heavy atom. The largest absolute Gasteiger partial charge is 0.384 e. The van der Waals surface area contributed by atoms with Crippen LogP contribution >= 0.6 is 0 Å². The number of aldehydes is 1. The second-order valence-electron chi connectivity index (χ2n) is 4.82. The molecule has 0 saturated heterocycles. The number of hydrogen-bond acceptors (Lipinski definition) is 2. The Labute approximate surface area is 91.7 Å². The van der Waals surface area contributed by atoms with E-state index >= 15 is 0 Å². The fraction of sp³-hybridized carbons (Fsp3) is 0.462. The Hall–Kier alpha value is -1.31. The Balaban J connectivity index is 0.000000167. The molecular formula is C13H19NO. The van der Waals surface area contributed by atoms with Crippen LogP contribution in [0.4, 0.5) is 5.69 Å². The highest BCUT2D eigenvalue weighted by Gasteiger charge is 2.06. The second-order valence-corrected chi connectivity index (χ2v) is 4.82. The van der Waals surface area contributed by atoms with E-state index in [0.717, 1.165) is 12.8 Å². The van der Waals surface area contributed by atoms with E-state index in [2.05, 4.69) is 29.6 Å². The lowest BCUT2D eigenvalue weighted by Gasteiger charge is -2.03. The van der Waals surface area contributed by atoms with Crippen LogP contribution in [0.2, 0.25) is 0 Å². The number of rotatable bonds is 0. The highest BCUT2D eigenvalue weighted by molar-refractivity contribution is 5.56. The van der Waals surface area contributed by atoms with Crippen molar-refractivity contribution < 1.29 is 4.79 Å². The van der Waals surface area contributed by atoms with Gasteiger partial charge in [-0.2, -0.15) is 0 Å². The molecule has 2 rings (SSSR count). The van der Waals surface area contributed by atoms with Crippen LogP contribution in [-0.4, -0.2) is 12.8 Å². The Kier molecular flexibility index (Phi) is 3.89. The molecular weight excluding hydrogens is 186 g/mol. The Morgan fingerprint density at radius 1 is 1.27 bits per heavy atom. The van der Waals surface area contributed by atoms with E-state index in [9.17, 15) is 4.79 Å². The molecule has 1 heterocycles. The standard InChI is InChI=1S/C8H9N.C5H10O/c1-2-4-8-7(3-1)5-6-9-8;1-5(2,3)4-6/h1-4,9H,5-6H2;4H,1-3H3. The summed E-state index contributed by atoms with van der Waals surface area (Å²) in [6.45, 7) is 6.74. The summed E-state index contributed by atoms with van der Waals surface area (Å²) in [5.74, 6) is 0. The molecule has 1 aliphatic rings. The van der Waals surface area contributed by atoms with Crippen molar-refractivity contribution in [1.82, 2.24) is 0 Å². The monoisotopic (exact) mass is 205 g/mol. The van der Waals surface area contributed by atoms with Gasteiger partial charge in [-0.15, -0.1) is 0 Å². The summed E-state index contributed by atoms with van der Waals surface area (Å²) in [5.41, 5.74) is 2.63. The van der Waals surface area contributed by atoms with Crippen LogP contribution in [0.1, 0.15) is 26.3 Å². The van der Waals surface area contributed by atoms with Gasteiger partial charge in [-0.05, 0) is 18.1 Å². The van der Waals surface area contributed by atoms with Crippen LogP contribution in [-0.2, 0) is 11.2 Å². The molecule has 2 nitrogen and oxygen atoms in total. The molecule has 0 bridgehead atoms. The maximum Gasteiger partial charge on any atom is 0.125 e. The minimum absolute atomic E-state index is 0.139. The van der Waals surface area contributed by atoms with Crippen LogP contribution in [0.3, 0.4) is 0 Å². The fourth-order valence-electron chi connectivity index (χ4n) is 1.24. The number of para-hydroxylation sites is 1. The normalized spacial score (nSPS) is 13.3. The predicted octanol–water partition coefficient (Wildman–Crippen LogP) is 2.89. The van der Waals surface area contributed by atoms with Crippen molar-refractivity contribution in [3.63, 3.8) is 0 Å². The summed E-state index contributed by atoms with van der Waals surface area (Å²) in [4.78, 5) is 9.83. The van der Waals surface area contributed by atoms with E-state index in [4.69, 9.17) is 0 Å². The van der Waals surface area contributed by atoms with Crippen LogP contribution in [0.5, 0.6) is 0 Å².